The minimum absolute atomic E-state index is 0.0842. The van der Waals surface area contributed by atoms with Crippen LogP contribution in [0.25, 0.3) is 5.65 Å². The van der Waals surface area contributed by atoms with Crippen LogP contribution in [0.4, 0.5) is 0 Å². The highest BCUT2D eigenvalue weighted by Crippen LogP contribution is 2.52. The molecule has 1 aliphatic rings. The Hall–Kier alpha value is -1.42. The molecule has 0 radical (unpaired) electrons. The Kier molecular flexibility index (Phi) is 1.73. The third-order valence-corrected chi connectivity index (χ3v) is 4.20. The Morgan fingerprint density at radius 2 is 2.12 bits per heavy atom. The second-order valence-corrected chi connectivity index (χ2v) is 5.25. The van der Waals surface area contributed by atoms with Crippen LogP contribution in [0, 0.1) is 5.41 Å². The van der Waals surface area contributed by atoms with Gasteiger partial charge in [0, 0.05) is 17.7 Å². The third-order valence-electron chi connectivity index (χ3n) is 4.20. The molecular weight excluding hydrogens is 200 g/mol. The fourth-order valence-corrected chi connectivity index (χ4v) is 2.68. The monoisotopic (exact) mass is 216 g/mol. The molecule has 0 amide bonds. The van der Waals surface area contributed by atoms with Gasteiger partial charge in [-0.25, -0.2) is 0 Å². The fourth-order valence-electron chi connectivity index (χ4n) is 2.68. The highest BCUT2D eigenvalue weighted by molar-refractivity contribution is 5.47. The number of rotatable bonds is 0. The average molecular weight is 216 g/mol. The lowest BCUT2D eigenvalue weighted by Crippen LogP contribution is -2.26. The van der Waals surface area contributed by atoms with Crippen LogP contribution in [0.5, 0.6) is 0 Å². The minimum atomic E-state index is 0.0842. The smallest absolute Gasteiger partial charge is 0.160 e. The summed E-state index contributed by atoms with van der Waals surface area (Å²) >= 11 is 0. The van der Waals surface area contributed by atoms with Crippen molar-refractivity contribution in [3.63, 3.8) is 0 Å². The van der Waals surface area contributed by atoms with E-state index in [2.05, 4.69) is 41.4 Å². The number of nitrogens with zero attached hydrogens (tertiary/aromatic N) is 3. The zero-order chi connectivity index (χ0) is 11.5. The van der Waals surface area contributed by atoms with Crippen molar-refractivity contribution in [2.45, 2.75) is 32.7 Å². The Labute approximate surface area is 94.5 Å². The maximum atomic E-state index is 6.32. The van der Waals surface area contributed by atoms with Gasteiger partial charge in [-0.05, 0) is 17.0 Å². The molecular formula is C12H16N4. The van der Waals surface area contributed by atoms with Gasteiger partial charge in [-0.3, -0.25) is 4.40 Å². The summed E-state index contributed by atoms with van der Waals surface area (Å²) in [7, 11) is 0. The van der Waals surface area contributed by atoms with Crippen molar-refractivity contribution in [1.29, 1.82) is 0 Å². The third kappa shape index (κ3) is 0.976. The predicted molar refractivity (Wildman–Crippen MR) is 62.1 cm³/mol. The van der Waals surface area contributed by atoms with Crippen molar-refractivity contribution in [2.75, 3.05) is 0 Å². The van der Waals surface area contributed by atoms with Gasteiger partial charge in [-0.15, -0.1) is 10.2 Å². The molecule has 4 nitrogen and oxygen atoms in total. The molecule has 2 N–H and O–H groups in total. The van der Waals surface area contributed by atoms with E-state index in [1.165, 1.54) is 11.3 Å². The van der Waals surface area contributed by atoms with E-state index in [4.69, 9.17) is 5.73 Å². The molecule has 4 heteroatoms. The SMILES string of the molecule is CC1c2c(ccc3nncn23)[C@@H](N)C1(C)C. The lowest BCUT2D eigenvalue weighted by molar-refractivity contribution is 0.268. The van der Waals surface area contributed by atoms with Crippen molar-refractivity contribution < 1.29 is 0 Å². The van der Waals surface area contributed by atoms with E-state index in [1.54, 1.807) is 6.33 Å². The van der Waals surface area contributed by atoms with E-state index in [9.17, 15) is 0 Å². The standard InChI is InChI=1S/C12H16N4/c1-7-10-8(11(13)12(7,2)3)4-5-9-15-14-6-16(9)10/h4-7,11H,13H2,1-3H3/t7?,11-/m1/s1. The number of pyridine rings is 1. The number of hydrogen-bond acceptors (Lipinski definition) is 3. The molecule has 0 fully saturated rings. The lowest BCUT2D eigenvalue weighted by Gasteiger charge is -2.28. The van der Waals surface area contributed by atoms with Gasteiger partial charge >= 0.3 is 0 Å². The van der Waals surface area contributed by atoms with Gasteiger partial charge in [0.1, 0.15) is 6.33 Å². The molecule has 0 aromatic carbocycles. The lowest BCUT2D eigenvalue weighted by atomic mass is 9.79. The summed E-state index contributed by atoms with van der Waals surface area (Å²) in [6.07, 6.45) is 1.78. The van der Waals surface area contributed by atoms with Crippen molar-refractivity contribution in [2.24, 2.45) is 11.1 Å². The van der Waals surface area contributed by atoms with Crippen LogP contribution >= 0.6 is 0 Å². The highest BCUT2D eigenvalue weighted by Gasteiger charge is 2.44. The maximum Gasteiger partial charge on any atom is 0.160 e. The second kappa shape index (κ2) is 2.83. The van der Waals surface area contributed by atoms with E-state index in [-0.39, 0.29) is 11.5 Å². The summed E-state index contributed by atoms with van der Waals surface area (Å²) in [5.41, 5.74) is 9.79. The summed E-state index contributed by atoms with van der Waals surface area (Å²) in [5, 5.41) is 8.03. The molecule has 0 saturated carbocycles. The van der Waals surface area contributed by atoms with Gasteiger partial charge in [0.15, 0.2) is 5.65 Å². The average Bonchev–Trinajstić information content (AvgIpc) is 2.78. The van der Waals surface area contributed by atoms with Crippen molar-refractivity contribution in [1.82, 2.24) is 14.6 Å². The van der Waals surface area contributed by atoms with E-state index in [0.29, 0.717) is 5.92 Å². The maximum absolute atomic E-state index is 6.32. The van der Waals surface area contributed by atoms with Gasteiger partial charge < -0.3 is 5.73 Å². The fraction of sp³-hybridized carbons (Fsp3) is 0.500. The van der Waals surface area contributed by atoms with Crippen LogP contribution in [-0.2, 0) is 0 Å². The molecule has 0 aliphatic heterocycles. The van der Waals surface area contributed by atoms with E-state index in [1.807, 2.05) is 6.07 Å². The van der Waals surface area contributed by atoms with Crippen LogP contribution in [0.1, 0.15) is 44.0 Å². The summed E-state index contributed by atoms with van der Waals surface area (Å²) in [6, 6.07) is 4.17. The molecule has 1 unspecified atom stereocenters. The molecule has 1 aliphatic carbocycles. The zero-order valence-electron chi connectivity index (χ0n) is 9.81. The molecule has 84 valence electrons. The first-order valence-electron chi connectivity index (χ1n) is 5.61. The molecule has 16 heavy (non-hydrogen) atoms. The molecule has 2 aromatic heterocycles. The van der Waals surface area contributed by atoms with Gasteiger partial charge in [0.2, 0.25) is 0 Å². The summed E-state index contributed by atoms with van der Waals surface area (Å²) in [4.78, 5) is 0. The quantitative estimate of drug-likeness (QED) is 0.731. The summed E-state index contributed by atoms with van der Waals surface area (Å²) in [5.74, 6) is 0.414. The Bertz CT molecular complexity index is 555. The van der Waals surface area contributed by atoms with Crippen LogP contribution in [0.15, 0.2) is 18.5 Å². The first-order chi connectivity index (χ1) is 7.53. The van der Waals surface area contributed by atoms with Gasteiger partial charge in [0.05, 0.1) is 0 Å². The zero-order valence-corrected chi connectivity index (χ0v) is 9.81. The molecule has 0 bridgehead atoms. The van der Waals surface area contributed by atoms with Crippen LogP contribution in [-0.4, -0.2) is 14.6 Å². The number of aromatic nitrogens is 3. The first-order valence-corrected chi connectivity index (χ1v) is 5.61. The second-order valence-electron chi connectivity index (χ2n) is 5.25. The Balaban J connectivity index is 2.36. The van der Waals surface area contributed by atoms with Crippen molar-refractivity contribution in [3.05, 3.63) is 29.7 Å². The molecule has 0 saturated heterocycles. The van der Waals surface area contributed by atoms with E-state index >= 15 is 0 Å². The van der Waals surface area contributed by atoms with Gasteiger partial charge in [-0.1, -0.05) is 26.8 Å². The Morgan fingerprint density at radius 3 is 2.88 bits per heavy atom. The number of nitrogens with two attached hydrogens (primary N) is 1. The molecule has 2 aromatic rings. The number of hydrogen-bond donors (Lipinski definition) is 1. The topological polar surface area (TPSA) is 56.2 Å². The summed E-state index contributed by atoms with van der Waals surface area (Å²) in [6.45, 7) is 6.67. The summed E-state index contributed by atoms with van der Waals surface area (Å²) < 4.78 is 2.06. The molecule has 0 spiro atoms. The predicted octanol–water partition coefficient (Wildman–Crippen LogP) is 1.87. The minimum Gasteiger partial charge on any atom is -0.323 e. The number of fused-ring (bicyclic) bond motifs is 3. The molecule has 2 heterocycles. The van der Waals surface area contributed by atoms with E-state index in [0.717, 1.165) is 5.65 Å². The molecule has 2 atom stereocenters. The highest BCUT2D eigenvalue weighted by atomic mass is 15.2. The first kappa shape index (κ1) is 9.78. The molecule has 3 rings (SSSR count). The van der Waals surface area contributed by atoms with Crippen LogP contribution in [0.2, 0.25) is 0 Å². The Morgan fingerprint density at radius 1 is 1.38 bits per heavy atom. The normalized spacial score (nSPS) is 27.2. The van der Waals surface area contributed by atoms with Crippen LogP contribution in [0.3, 0.4) is 0 Å². The van der Waals surface area contributed by atoms with Crippen molar-refractivity contribution in [3.8, 4) is 0 Å². The van der Waals surface area contributed by atoms with Gasteiger partial charge in [-0.2, -0.15) is 0 Å². The van der Waals surface area contributed by atoms with Crippen molar-refractivity contribution >= 4 is 5.65 Å². The van der Waals surface area contributed by atoms with Crippen LogP contribution < -0.4 is 5.73 Å². The van der Waals surface area contributed by atoms with Gasteiger partial charge in [0.25, 0.3) is 0 Å². The van der Waals surface area contributed by atoms with E-state index < -0.39 is 0 Å². The largest absolute Gasteiger partial charge is 0.323 e.